The van der Waals surface area contributed by atoms with E-state index in [0.717, 1.165) is 45.6 Å². The van der Waals surface area contributed by atoms with Crippen LogP contribution in [0.25, 0.3) is 0 Å². The SMILES string of the molecule is NCC1COCCN1CCCCCO. The highest BCUT2D eigenvalue weighted by atomic mass is 16.5. The van der Waals surface area contributed by atoms with Crippen LogP contribution in [0.4, 0.5) is 0 Å². The van der Waals surface area contributed by atoms with E-state index in [-0.39, 0.29) is 0 Å². The molecule has 0 bridgehead atoms. The number of hydrogen-bond acceptors (Lipinski definition) is 4. The van der Waals surface area contributed by atoms with Gasteiger partial charge in [-0.1, -0.05) is 0 Å². The van der Waals surface area contributed by atoms with Crippen molar-refractivity contribution in [1.29, 1.82) is 0 Å². The molecule has 14 heavy (non-hydrogen) atoms. The second kappa shape index (κ2) is 7.17. The first kappa shape index (κ1) is 11.9. The normalized spacial score (nSPS) is 24.0. The molecule has 1 saturated heterocycles. The van der Waals surface area contributed by atoms with E-state index in [0.29, 0.717) is 19.2 Å². The number of nitrogens with zero attached hydrogens (tertiary/aromatic N) is 1. The Labute approximate surface area is 86.0 Å². The number of aliphatic hydroxyl groups is 1. The number of unbranched alkanes of at least 4 members (excludes halogenated alkanes) is 2. The number of aliphatic hydroxyl groups excluding tert-OH is 1. The van der Waals surface area contributed by atoms with E-state index in [2.05, 4.69) is 4.90 Å². The average Bonchev–Trinajstić information content (AvgIpc) is 2.25. The maximum atomic E-state index is 8.65. The Morgan fingerprint density at radius 3 is 2.93 bits per heavy atom. The van der Waals surface area contributed by atoms with Crippen molar-refractivity contribution in [2.24, 2.45) is 5.73 Å². The van der Waals surface area contributed by atoms with Crippen molar-refractivity contribution in [1.82, 2.24) is 4.90 Å². The second-order valence-electron chi connectivity index (χ2n) is 3.78. The molecule has 1 unspecified atom stereocenters. The van der Waals surface area contributed by atoms with Crippen LogP contribution in [0.2, 0.25) is 0 Å². The molecule has 4 nitrogen and oxygen atoms in total. The van der Waals surface area contributed by atoms with Crippen molar-refractivity contribution in [2.45, 2.75) is 25.3 Å². The highest BCUT2D eigenvalue weighted by Crippen LogP contribution is 2.07. The Kier molecular flexibility index (Phi) is 6.10. The minimum Gasteiger partial charge on any atom is -0.396 e. The van der Waals surface area contributed by atoms with E-state index in [9.17, 15) is 0 Å². The Balaban J connectivity index is 2.13. The van der Waals surface area contributed by atoms with E-state index in [1.807, 2.05) is 0 Å². The number of nitrogens with two attached hydrogens (primary N) is 1. The second-order valence-corrected chi connectivity index (χ2v) is 3.78. The third kappa shape index (κ3) is 3.92. The lowest BCUT2D eigenvalue weighted by molar-refractivity contribution is -0.00455. The van der Waals surface area contributed by atoms with Crippen LogP contribution in [-0.4, -0.2) is 55.5 Å². The predicted molar refractivity (Wildman–Crippen MR) is 56.2 cm³/mol. The molecule has 1 aliphatic rings. The van der Waals surface area contributed by atoms with Gasteiger partial charge in [0.2, 0.25) is 0 Å². The molecule has 0 aliphatic carbocycles. The van der Waals surface area contributed by atoms with E-state index in [1.54, 1.807) is 0 Å². The number of hydrogen-bond donors (Lipinski definition) is 2. The van der Waals surface area contributed by atoms with Crippen LogP contribution in [0.1, 0.15) is 19.3 Å². The van der Waals surface area contributed by atoms with Crippen LogP contribution in [0.3, 0.4) is 0 Å². The van der Waals surface area contributed by atoms with Crippen molar-refractivity contribution in [3.8, 4) is 0 Å². The van der Waals surface area contributed by atoms with Crippen molar-refractivity contribution in [3.05, 3.63) is 0 Å². The topological polar surface area (TPSA) is 58.7 Å². The summed E-state index contributed by atoms with van der Waals surface area (Å²) in [6.07, 6.45) is 3.17. The first-order valence-electron chi connectivity index (χ1n) is 5.51. The molecule has 3 N–H and O–H groups in total. The highest BCUT2D eigenvalue weighted by Gasteiger charge is 2.20. The summed E-state index contributed by atoms with van der Waals surface area (Å²) in [4.78, 5) is 2.40. The summed E-state index contributed by atoms with van der Waals surface area (Å²) < 4.78 is 5.37. The molecule has 0 aromatic heterocycles. The smallest absolute Gasteiger partial charge is 0.0634 e. The lowest BCUT2D eigenvalue weighted by Gasteiger charge is -2.34. The van der Waals surface area contributed by atoms with Gasteiger partial charge in [-0.3, -0.25) is 4.90 Å². The lowest BCUT2D eigenvalue weighted by Crippen LogP contribution is -2.49. The quantitative estimate of drug-likeness (QED) is 0.586. The zero-order valence-electron chi connectivity index (χ0n) is 8.82. The van der Waals surface area contributed by atoms with Crippen LogP contribution < -0.4 is 5.73 Å². The molecule has 1 rings (SSSR count). The third-order valence-electron chi connectivity index (χ3n) is 2.72. The molecule has 0 amide bonds. The van der Waals surface area contributed by atoms with E-state index in [1.165, 1.54) is 0 Å². The molecule has 1 aliphatic heterocycles. The van der Waals surface area contributed by atoms with Crippen LogP contribution in [0, 0.1) is 0 Å². The number of morpholine rings is 1. The molecule has 0 aromatic rings. The standard InChI is InChI=1S/C10H22N2O2/c11-8-10-9-14-7-5-12(10)4-2-1-3-6-13/h10,13H,1-9,11H2. The van der Waals surface area contributed by atoms with Gasteiger partial charge in [0.15, 0.2) is 0 Å². The van der Waals surface area contributed by atoms with Crippen molar-refractivity contribution in [3.63, 3.8) is 0 Å². The van der Waals surface area contributed by atoms with Gasteiger partial charge in [0, 0.05) is 25.7 Å². The largest absolute Gasteiger partial charge is 0.396 e. The Morgan fingerprint density at radius 2 is 2.21 bits per heavy atom. The molecular formula is C10H22N2O2. The maximum Gasteiger partial charge on any atom is 0.0634 e. The van der Waals surface area contributed by atoms with Gasteiger partial charge in [0.05, 0.1) is 13.2 Å². The molecular weight excluding hydrogens is 180 g/mol. The van der Waals surface area contributed by atoms with Gasteiger partial charge in [-0.2, -0.15) is 0 Å². The van der Waals surface area contributed by atoms with Gasteiger partial charge >= 0.3 is 0 Å². The molecule has 1 atom stereocenters. The van der Waals surface area contributed by atoms with Gasteiger partial charge in [-0.15, -0.1) is 0 Å². The monoisotopic (exact) mass is 202 g/mol. The lowest BCUT2D eigenvalue weighted by atomic mass is 10.2. The van der Waals surface area contributed by atoms with Crippen molar-refractivity contribution in [2.75, 3.05) is 39.5 Å². The van der Waals surface area contributed by atoms with Gasteiger partial charge in [0.1, 0.15) is 0 Å². The molecule has 1 heterocycles. The first-order valence-corrected chi connectivity index (χ1v) is 5.51. The summed E-state index contributed by atoms with van der Waals surface area (Å²) in [7, 11) is 0. The molecule has 0 aromatic carbocycles. The zero-order chi connectivity index (χ0) is 10.2. The van der Waals surface area contributed by atoms with Crippen LogP contribution in [0.5, 0.6) is 0 Å². The third-order valence-corrected chi connectivity index (χ3v) is 2.72. The Hall–Kier alpha value is -0.160. The van der Waals surface area contributed by atoms with Crippen molar-refractivity contribution < 1.29 is 9.84 Å². The summed E-state index contributed by atoms with van der Waals surface area (Å²) in [5, 5.41) is 8.65. The van der Waals surface area contributed by atoms with Crippen LogP contribution in [0.15, 0.2) is 0 Å². The average molecular weight is 202 g/mol. The molecule has 0 saturated carbocycles. The van der Waals surface area contributed by atoms with Gasteiger partial charge in [0.25, 0.3) is 0 Å². The fourth-order valence-electron chi connectivity index (χ4n) is 1.80. The molecule has 4 heteroatoms. The molecule has 0 spiro atoms. The summed E-state index contributed by atoms with van der Waals surface area (Å²) in [5.41, 5.74) is 5.66. The summed E-state index contributed by atoms with van der Waals surface area (Å²) >= 11 is 0. The minimum absolute atomic E-state index is 0.309. The van der Waals surface area contributed by atoms with E-state index < -0.39 is 0 Å². The number of rotatable bonds is 6. The Morgan fingerprint density at radius 1 is 1.36 bits per heavy atom. The molecule has 84 valence electrons. The maximum absolute atomic E-state index is 8.65. The summed E-state index contributed by atoms with van der Waals surface area (Å²) in [6, 6.07) is 0.401. The van der Waals surface area contributed by atoms with E-state index >= 15 is 0 Å². The number of ether oxygens (including phenoxy) is 1. The fourth-order valence-corrected chi connectivity index (χ4v) is 1.80. The minimum atomic E-state index is 0.309. The van der Waals surface area contributed by atoms with Gasteiger partial charge < -0.3 is 15.6 Å². The zero-order valence-corrected chi connectivity index (χ0v) is 8.82. The molecule has 0 radical (unpaired) electrons. The first-order chi connectivity index (χ1) is 6.88. The van der Waals surface area contributed by atoms with Gasteiger partial charge in [-0.25, -0.2) is 0 Å². The highest BCUT2D eigenvalue weighted by molar-refractivity contribution is 4.75. The fraction of sp³-hybridized carbons (Fsp3) is 1.00. The Bertz CT molecular complexity index is 144. The van der Waals surface area contributed by atoms with Crippen LogP contribution >= 0.6 is 0 Å². The summed E-state index contributed by atoms with van der Waals surface area (Å²) in [6.45, 7) is 4.68. The van der Waals surface area contributed by atoms with Crippen LogP contribution in [-0.2, 0) is 4.74 Å². The predicted octanol–water partition coefficient (Wildman–Crippen LogP) is -0.192. The van der Waals surface area contributed by atoms with Crippen molar-refractivity contribution >= 4 is 0 Å². The van der Waals surface area contributed by atoms with Gasteiger partial charge in [-0.05, 0) is 25.8 Å². The van der Waals surface area contributed by atoms with E-state index in [4.69, 9.17) is 15.6 Å². The summed E-state index contributed by atoms with van der Waals surface area (Å²) in [5.74, 6) is 0. The molecule has 1 fully saturated rings.